The Morgan fingerprint density at radius 3 is 2.79 bits per heavy atom. The van der Waals surface area contributed by atoms with Crippen molar-refractivity contribution in [1.82, 2.24) is 9.88 Å². The van der Waals surface area contributed by atoms with E-state index in [0.717, 1.165) is 32.2 Å². The minimum absolute atomic E-state index is 0.427. The molecular weight excluding hydrogens is 238 g/mol. The van der Waals surface area contributed by atoms with Crippen LogP contribution in [-0.4, -0.2) is 35.6 Å². The van der Waals surface area contributed by atoms with Gasteiger partial charge in [0.25, 0.3) is 6.01 Å². The van der Waals surface area contributed by atoms with Crippen molar-refractivity contribution in [3.05, 3.63) is 48.4 Å². The molecule has 0 aliphatic carbocycles. The van der Waals surface area contributed by atoms with Crippen LogP contribution in [0.3, 0.4) is 0 Å². The Kier molecular flexibility index (Phi) is 3.51. The molecule has 3 rings (SSSR count). The fourth-order valence-electron chi connectivity index (χ4n) is 2.66. The topological polar surface area (TPSA) is 32.5 Å². The monoisotopic (exact) mass is 257 g/mol. The lowest BCUT2D eigenvalue weighted by Gasteiger charge is -2.39. The van der Waals surface area contributed by atoms with Crippen LogP contribution in [0.2, 0.25) is 0 Å². The summed E-state index contributed by atoms with van der Waals surface area (Å²) in [6.45, 7) is 6.29. The Morgan fingerprint density at radius 1 is 1.26 bits per heavy atom. The molecule has 4 nitrogen and oxygen atoms in total. The van der Waals surface area contributed by atoms with Crippen LogP contribution >= 0.6 is 0 Å². The molecule has 1 atom stereocenters. The van der Waals surface area contributed by atoms with E-state index in [1.807, 2.05) is 0 Å². The van der Waals surface area contributed by atoms with Crippen molar-refractivity contribution in [2.75, 3.05) is 24.5 Å². The first-order valence-corrected chi connectivity index (χ1v) is 6.75. The molecule has 0 radical (unpaired) electrons. The standard InChI is InChI=1S/C15H19N3O/c1-13-11-17(12-14-5-3-2-4-6-14)8-9-18(13)15-16-7-10-19-15/h2-7,10,13H,8-9,11-12H2,1H3/t13-/m0/s1. The third-order valence-electron chi connectivity index (χ3n) is 3.63. The van der Waals surface area contributed by atoms with Crippen molar-refractivity contribution in [3.63, 3.8) is 0 Å². The van der Waals surface area contributed by atoms with Crippen molar-refractivity contribution >= 4 is 6.01 Å². The molecule has 1 fully saturated rings. The SMILES string of the molecule is C[C@H]1CN(Cc2ccccc2)CCN1c1ncco1. The van der Waals surface area contributed by atoms with Gasteiger partial charge >= 0.3 is 0 Å². The Labute approximate surface area is 113 Å². The zero-order chi connectivity index (χ0) is 13.1. The van der Waals surface area contributed by atoms with Gasteiger partial charge < -0.3 is 9.32 Å². The Balaban J connectivity index is 1.61. The maximum atomic E-state index is 5.39. The van der Waals surface area contributed by atoms with Crippen molar-refractivity contribution in [1.29, 1.82) is 0 Å². The quantitative estimate of drug-likeness (QED) is 0.845. The van der Waals surface area contributed by atoms with E-state index < -0.39 is 0 Å². The van der Waals surface area contributed by atoms with Crippen LogP contribution in [-0.2, 0) is 6.54 Å². The number of piperazine rings is 1. The molecule has 0 unspecified atom stereocenters. The van der Waals surface area contributed by atoms with Gasteiger partial charge in [-0.3, -0.25) is 4.90 Å². The summed E-state index contributed by atoms with van der Waals surface area (Å²) in [5, 5.41) is 0. The highest BCUT2D eigenvalue weighted by Gasteiger charge is 2.26. The van der Waals surface area contributed by atoms with Crippen LogP contribution < -0.4 is 4.90 Å². The summed E-state index contributed by atoms with van der Waals surface area (Å²) in [5.41, 5.74) is 1.37. The van der Waals surface area contributed by atoms with Crippen LogP contribution in [0.25, 0.3) is 0 Å². The Morgan fingerprint density at radius 2 is 2.11 bits per heavy atom. The lowest BCUT2D eigenvalue weighted by Crippen LogP contribution is -2.51. The molecule has 1 aromatic heterocycles. The third kappa shape index (κ3) is 2.79. The molecular formula is C15H19N3O. The van der Waals surface area contributed by atoms with E-state index in [0.29, 0.717) is 6.04 Å². The van der Waals surface area contributed by atoms with Gasteiger partial charge in [0.2, 0.25) is 0 Å². The summed E-state index contributed by atoms with van der Waals surface area (Å²) < 4.78 is 5.39. The molecule has 0 spiro atoms. The van der Waals surface area contributed by atoms with Gasteiger partial charge in [0, 0.05) is 32.2 Å². The molecule has 1 aromatic carbocycles. The van der Waals surface area contributed by atoms with Crippen molar-refractivity contribution in [2.45, 2.75) is 19.5 Å². The molecule has 100 valence electrons. The van der Waals surface area contributed by atoms with Gasteiger partial charge in [-0.15, -0.1) is 0 Å². The second-order valence-electron chi connectivity index (χ2n) is 5.08. The number of hydrogen-bond acceptors (Lipinski definition) is 4. The van der Waals surface area contributed by atoms with Gasteiger partial charge in [-0.05, 0) is 12.5 Å². The smallest absolute Gasteiger partial charge is 0.297 e. The zero-order valence-corrected chi connectivity index (χ0v) is 11.2. The van der Waals surface area contributed by atoms with E-state index in [4.69, 9.17) is 4.42 Å². The lowest BCUT2D eigenvalue weighted by atomic mass is 10.1. The lowest BCUT2D eigenvalue weighted by molar-refractivity contribution is 0.215. The van der Waals surface area contributed by atoms with Gasteiger partial charge in [-0.1, -0.05) is 30.3 Å². The highest BCUT2D eigenvalue weighted by atomic mass is 16.4. The summed E-state index contributed by atoms with van der Waals surface area (Å²) >= 11 is 0. The Hall–Kier alpha value is -1.81. The highest BCUT2D eigenvalue weighted by molar-refractivity contribution is 5.28. The molecule has 1 saturated heterocycles. The first-order chi connectivity index (χ1) is 9.33. The van der Waals surface area contributed by atoms with E-state index in [1.54, 1.807) is 12.5 Å². The summed E-state index contributed by atoms with van der Waals surface area (Å²) in [6, 6.07) is 11.8. The fourth-order valence-corrected chi connectivity index (χ4v) is 2.66. The van der Waals surface area contributed by atoms with Gasteiger partial charge in [0.1, 0.15) is 6.26 Å². The van der Waals surface area contributed by atoms with E-state index in [9.17, 15) is 0 Å². The number of rotatable bonds is 3. The third-order valence-corrected chi connectivity index (χ3v) is 3.63. The summed E-state index contributed by atoms with van der Waals surface area (Å²) in [4.78, 5) is 8.96. The van der Waals surface area contributed by atoms with Gasteiger partial charge in [-0.2, -0.15) is 0 Å². The fraction of sp³-hybridized carbons (Fsp3) is 0.400. The number of anilines is 1. The number of oxazole rings is 1. The van der Waals surface area contributed by atoms with Crippen LogP contribution in [0.5, 0.6) is 0 Å². The highest BCUT2D eigenvalue weighted by Crippen LogP contribution is 2.19. The molecule has 2 aromatic rings. The maximum Gasteiger partial charge on any atom is 0.297 e. The first-order valence-electron chi connectivity index (χ1n) is 6.75. The van der Waals surface area contributed by atoms with Gasteiger partial charge in [0.15, 0.2) is 0 Å². The second kappa shape index (κ2) is 5.45. The molecule has 1 aliphatic heterocycles. The van der Waals surface area contributed by atoms with Crippen molar-refractivity contribution in [2.24, 2.45) is 0 Å². The number of nitrogens with zero attached hydrogens (tertiary/aromatic N) is 3. The van der Waals surface area contributed by atoms with E-state index in [2.05, 4.69) is 52.0 Å². The molecule has 0 N–H and O–H groups in total. The van der Waals surface area contributed by atoms with Crippen molar-refractivity contribution < 1.29 is 4.42 Å². The Bertz CT molecular complexity index is 497. The van der Waals surface area contributed by atoms with E-state index in [-0.39, 0.29) is 0 Å². The zero-order valence-electron chi connectivity index (χ0n) is 11.2. The molecule has 4 heteroatoms. The summed E-state index contributed by atoms with van der Waals surface area (Å²) in [7, 11) is 0. The van der Waals surface area contributed by atoms with Gasteiger partial charge in [0.05, 0.1) is 6.20 Å². The minimum Gasteiger partial charge on any atom is -0.432 e. The van der Waals surface area contributed by atoms with Gasteiger partial charge in [-0.25, -0.2) is 4.98 Å². The van der Waals surface area contributed by atoms with Crippen LogP contribution in [0, 0.1) is 0 Å². The number of hydrogen-bond donors (Lipinski definition) is 0. The predicted octanol–water partition coefficient (Wildman–Crippen LogP) is 2.39. The maximum absolute atomic E-state index is 5.39. The second-order valence-corrected chi connectivity index (χ2v) is 5.08. The first kappa shape index (κ1) is 12.2. The van der Waals surface area contributed by atoms with Crippen molar-refractivity contribution in [3.8, 4) is 0 Å². The van der Waals surface area contributed by atoms with E-state index in [1.165, 1.54) is 5.56 Å². The van der Waals surface area contributed by atoms with Crippen LogP contribution in [0.15, 0.2) is 47.2 Å². The largest absolute Gasteiger partial charge is 0.432 e. The predicted molar refractivity (Wildman–Crippen MR) is 75.0 cm³/mol. The summed E-state index contributed by atoms with van der Waals surface area (Å²) in [5.74, 6) is 0. The number of benzene rings is 1. The van der Waals surface area contributed by atoms with E-state index >= 15 is 0 Å². The average Bonchev–Trinajstić information content (AvgIpc) is 2.94. The molecule has 0 saturated carbocycles. The van der Waals surface area contributed by atoms with Crippen LogP contribution in [0.1, 0.15) is 12.5 Å². The molecule has 19 heavy (non-hydrogen) atoms. The molecule has 0 amide bonds. The molecule has 2 heterocycles. The molecule has 0 bridgehead atoms. The summed E-state index contributed by atoms with van der Waals surface area (Å²) in [6.07, 6.45) is 3.34. The number of aromatic nitrogens is 1. The minimum atomic E-state index is 0.427. The normalized spacial score (nSPS) is 20.7. The molecule has 1 aliphatic rings. The van der Waals surface area contributed by atoms with Crippen LogP contribution in [0.4, 0.5) is 6.01 Å². The average molecular weight is 257 g/mol.